The van der Waals surface area contributed by atoms with Crippen LogP contribution in [-0.2, 0) is 4.74 Å². The number of aliphatic imine (C=N–C) groups is 1. The lowest BCUT2D eigenvalue weighted by Gasteiger charge is -2.17. The molecule has 0 saturated heterocycles. The average molecular weight is 287 g/mol. The van der Waals surface area contributed by atoms with Gasteiger partial charge in [0.15, 0.2) is 11.4 Å². The van der Waals surface area contributed by atoms with Gasteiger partial charge in [-0.15, -0.1) is 0 Å². The summed E-state index contributed by atoms with van der Waals surface area (Å²) < 4.78 is 16.3. The highest BCUT2D eigenvalue weighted by molar-refractivity contribution is 5.95. The van der Waals surface area contributed by atoms with Crippen LogP contribution < -0.4 is 10.4 Å². The van der Waals surface area contributed by atoms with Gasteiger partial charge >= 0.3 is 5.63 Å². The Morgan fingerprint density at radius 1 is 1.33 bits per heavy atom. The van der Waals surface area contributed by atoms with Crippen LogP contribution in [0.4, 0.5) is 5.69 Å². The zero-order chi connectivity index (χ0) is 14.7. The van der Waals surface area contributed by atoms with Gasteiger partial charge in [0, 0.05) is 13.2 Å². The van der Waals surface area contributed by atoms with Crippen LogP contribution in [0, 0.1) is 0 Å². The normalized spacial score (nSPS) is 13.7. The van der Waals surface area contributed by atoms with Crippen molar-refractivity contribution in [3.8, 4) is 5.75 Å². The van der Waals surface area contributed by atoms with E-state index in [1.165, 1.54) is 0 Å². The van der Waals surface area contributed by atoms with Crippen LogP contribution in [0.1, 0.15) is 19.8 Å². The van der Waals surface area contributed by atoms with Gasteiger partial charge in [0.1, 0.15) is 12.2 Å². The molecule has 1 aromatic heterocycles. The smallest absolute Gasteiger partial charge is 0.366 e. The van der Waals surface area contributed by atoms with E-state index < -0.39 is 5.63 Å². The van der Waals surface area contributed by atoms with Crippen molar-refractivity contribution in [2.24, 2.45) is 4.99 Å². The number of fused-ring (bicyclic) bond motifs is 3. The van der Waals surface area contributed by atoms with E-state index in [0.717, 1.165) is 23.9 Å². The Balaban J connectivity index is 1.90. The standard InChI is InChI=1S/C16H17NO4/c1-2-19-9-5-6-11-10-20-15-12-7-3-4-8-13(12)21-16(18)14(15)17-11/h3-4,7-8H,2,5-6,9-10H2,1H3. The predicted octanol–water partition coefficient (Wildman–Crippen LogP) is 3.07. The van der Waals surface area contributed by atoms with Gasteiger partial charge in [0.2, 0.25) is 0 Å². The number of rotatable bonds is 5. The topological polar surface area (TPSA) is 61.0 Å². The lowest BCUT2D eigenvalue weighted by Crippen LogP contribution is -2.18. The quantitative estimate of drug-likeness (QED) is 0.626. The van der Waals surface area contributed by atoms with E-state index in [4.69, 9.17) is 13.9 Å². The summed E-state index contributed by atoms with van der Waals surface area (Å²) in [6, 6.07) is 7.32. The van der Waals surface area contributed by atoms with Crippen LogP contribution in [0.2, 0.25) is 0 Å². The third-order valence-electron chi connectivity index (χ3n) is 3.35. The molecular formula is C16H17NO4. The van der Waals surface area contributed by atoms with Crippen LogP contribution >= 0.6 is 0 Å². The first-order chi connectivity index (χ1) is 10.3. The molecule has 21 heavy (non-hydrogen) atoms. The highest BCUT2D eigenvalue weighted by Crippen LogP contribution is 2.35. The van der Waals surface area contributed by atoms with Crippen molar-refractivity contribution in [1.29, 1.82) is 0 Å². The molecule has 0 radical (unpaired) electrons. The lowest BCUT2D eigenvalue weighted by atomic mass is 10.1. The Morgan fingerprint density at radius 2 is 2.19 bits per heavy atom. The van der Waals surface area contributed by atoms with Gasteiger partial charge in [-0.05, 0) is 31.9 Å². The van der Waals surface area contributed by atoms with E-state index in [0.29, 0.717) is 31.2 Å². The molecule has 1 aromatic carbocycles. The molecular weight excluding hydrogens is 270 g/mol. The molecule has 0 amide bonds. The molecule has 1 aliphatic rings. The monoisotopic (exact) mass is 287 g/mol. The van der Waals surface area contributed by atoms with Gasteiger partial charge in [0.05, 0.1) is 11.1 Å². The minimum atomic E-state index is -0.453. The maximum atomic E-state index is 12.0. The molecule has 5 heteroatoms. The van der Waals surface area contributed by atoms with E-state index in [1.54, 1.807) is 6.07 Å². The molecule has 0 unspecified atom stereocenters. The summed E-state index contributed by atoms with van der Waals surface area (Å²) in [5.41, 5.74) is 1.19. The summed E-state index contributed by atoms with van der Waals surface area (Å²) in [6.45, 7) is 3.77. The average Bonchev–Trinajstić information content (AvgIpc) is 2.52. The first-order valence-electron chi connectivity index (χ1n) is 7.12. The van der Waals surface area contributed by atoms with Crippen LogP contribution in [0.25, 0.3) is 11.0 Å². The molecule has 2 aromatic rings. The fraction of sp³-hybridized carbons (Fsp3) is 0.375. The lowest BCUT2D eigenvalue weighted by molar-refractivity contribution is 0.146. The second-order valence-electron chi connectivity index (χ2n) is 4.83. The van der Waals surface area contributed by atoms with E-state index in [1.807, 2.05) is 25.1 Å². The molecule has 3 rings (SSSR count). The zero-order valence-electron chi connectivity index (χ0n) is 11.9. The number of nitrogens with zero attached hydrogens (tertiary/aromatic N) is 1. The molecule has 110 valence electrons. The third-order valence-corrected chi connectivity index (χ3v) is 3.35. The number of hydrogen-bond donors (Lipinski definition) is 0. The number of hydrogen-bond acceptors (Lipinski definition) is 5. The Kier molecular flexibility index (Phi) is 4.01. The molecule has 0 bridgehead atoms. The van der Waals surface area contributed by atoms with Crippen molar-refractivity contribution < 1.29 is 13.9 Å². The van der Waals surface area contributed by atoms with Crippen molar-refractivity contribution >= 4 is 22.4 Å². The first kappa shape index (κ1) is 13.8. The second kappa shape index (κ2) is 6.10. The van der Waals surface area contributed by atoms with Gasteiger partial charge in [-0.2, -0.15) is 0 Å². The molecule has 5 nitrogen and oxygen atoms in total. The summed E-state index contributed by atoms with van der Waals surface area (Å²) >= 11 is 0. The summed E-state index contributed by atoms with van der Waals surface area (Å²) in [4.78, 5) is 16.4. The van der Waals surface area contributed by atoms with Crippen molar-refractivity contribution in [3.63, 3.8) is 0 Å². The Bertz CT molecular complexity index is 733. The number of para-hydroxylation sites is 1. The molecule has 2 heterocycles. The van der Waals surface area contributed by atoms with Crippen LogP contribution in [0.3, 0.4) is 0 Å². The summed E-state index contributed by atoms with van der Waals surface area (Å²) in [6.07, 6.45) is 1.62. The van der Waals surface area contributed by atoms with Crippen molar-refractivity contribution in [3.05, 3.63) is 34.7 Å². The molecule has 0 aliphatic carbocycles. The predicted molar refractivity (Wildman–Crippen MR) is 80.8 cm³/mol. The zero-order valence-corrected chi connectivity index (χ0v) is 11.9. The SMILES string of the molecule is CCOCCCC1=Nc2c(c3ccccc3oc2=O)OC1. The first-order valence-corrected chi connectivity index (χ1v) is 7.12. The van der Waals surface area contributed by atoms with Crippen molar-refractivity contribution in [2.45, 2.75) is 19.8 Å². The minimum Gasteiger partial charge on any atom is -0.484 e. The van der Waals surface area contributed by atoms with E-state index in [2.05, 4.69) is 4.99 Å². The van der Waals surface area contributed by atoms with Gasteiger partial charge in [-0.3, -0.25) is 0 Å². The van der Waals surface area contributed by atoms with Gasteiger partial charge in [-0.1, -0.05) is 12.1 Å². The molecule has 0 N–H and O–H groups in total. The van der Waals surface area contributed by atoms with E-state index in [-0.39, 0.29) is 5.69 Å². The van der Waals surface area contributed by atoms with Gasteiger partial charge in [0.25, 0.3) is 0 Å². The van der Waals surface area contributed by atoms with E-state index >= 15 is 0 Å². The molecule has 0 atom stereocenters. The fourth-order valence-electron chi connectivity index (χ4n) is 2.35. The fourth-order valence-corrected chi connectivity index (χ4v) is 2.35. The Morgan fingerprint density at radius 3 is 3.05 bits per heavy atom. The summed E-state index contributed by atoms with van der Waals surface area (Å²) in [7, 11) is 0. The molecule has 0 fully saturated rings. The minimum absolute atomic E-state index is 0.270. The molecule has 0 spiro atoms. The maximum absolute atomic E-state index is 12.0. The molecule has 1 aliphatic heterocycles. The third kappa shape index (κ3) is 2.83. The van der Waals surface area contributed by atoms with E-state index in [9.17, 15) is 4.79 Å². The van der Waals surface area contributed by atoms with Crippen molar-refractivity contribution in [2.75, 3.05) is 19.8 Å². The Hall–Kier alpha value is -2.14. The van der Waals surface area contributed by atoms with Crippen LogP contribution in [0.5, 0.6) is 5.75 Å². The van der Waals surface area contributed by atoms with Crippen LogP contribution in [-0.4, -0.2) is 25.5 Å². The summed E-state index contributed by atoms with van der Waals surface area (Å²) in [5, 5.41) is 0.782. The van der Waals surface area contributed by atoms with Crippen LogP contribution in [0.15, 0.2) is 38.5 Å². The molecule has 0 saturated carbocycles. The summed E-state index contributed by atoms with van der Waals surface area (Å²) in [5.74, 6) is 0.524. The Labute approximate surface area is 122 Å². The number of benzene rings is 1. The number of ether oxygens (including phenoxy) is 2. The second-order valence-corrected chi connectivity index (χ2v) is 4.83. The van der Waals surface area contributed by atoms with Gasteiger partial charge in [-0.25, -0.2) is 9.79 Å². The largest absolute Gasteiger partial charge is 0.484 e. The highest BCUT2D eigenvalue weighted by atomic mass is 16.5. The maximum Gasteiger partial charge on any atom is 0.366 e. The highest BCUT2D eigenvalue weighted by Gasteiger charge is 2.20. The van der Waals surface area contributed by atoms with Gasteiger partial charge < -0.3 is 13.9 Å². The van der Waals surface area contributed by atoms with Crippen molar-refractivity contribution in [1.82, 2.24) is 0 Å².